The summed E-state index contributed by atoms with van der Waals surface area (Å²) in [4.78, 5) is 0. The lowest BCUT2D eigenvalue weighted by Gasteiger charge is -2.30. The van der Waals surface area contributed by atoms with Crippen LogP contribution >= 0.6 is 12.4 Å². The average Bonchev–Trinajstić information content (AvgIpc) is 2.26. The Balaban J connectivity index is 0.00000225. The molecule has 1 aliphatic rings. The van der Waals surface area contributed by atoms with Gasteiger partial charge < -0.3 is 5.73 Å². The second kappa shape index (κ2) is 7.45. The first-order valence-corrected chi connectivity index (χ1v) is 6.94. The van der Waals surface area contributed by atoms with E-state index in [1.807, 2.05) is 0 Å². The lowest BCUT2D eigenvalue weighted by Crippen LogP contribution is -2.46. The van der Waals surface area contributed by atoms with E-state index in [1.54, 1.807) is 7.05 Å². The molecule has 0 aromatic rings. The van der Waals surface area contributed by atoms with Crippen LogP contribution in [-0.4, -0.2) is 38.9 Å². The summed E-state index contributed by atoms with van der Waals surface area (Å²) < 4.78 is 27.4. The average molecular weight is 272 g/mol. The minimum absolute atomic E-state index is 0. The van der Waals surface area contributed by atoms with Gasteiger partial charge in [0.1, 0.15) is 0 Å². The maximum absolute atomic E-state index is 11.7. The third-order valence-electron chi connectivity index (χ3n) is 2.90. The van der Waals surface area contributed by atoms with Crippen LogP contribution in [0, 0.1) is 0 Å². The van der Waals surface area contributed by atoms with Crippen molar-refractivity contribution in [2.24, 2.45) is 5.73 Å². The number of halogens is 1. The summed E-state index contributed by atoms with van der Waals surface area (Å²) in [7, 11) is -1.67. The molecule has 0 saturated heterocycles. The van der Waals surface area contributed by atoms with Crippen LogP contribution in [0.2, 0.25) is 0 Å². The summed E-state index contributed by atoms with van der Waals surface area (Å²) in [5.74, 6) is 0. The van der Waals surface area contributed by atoms with Crippen molar-refractivity contribution in [3.63, 3.8) is 0 Å². The molecule has 5 nitrogen and oxygen atoms in total. The highest BCUT2D eigenvalue weighted by molar-refractivity contribution is 7.87. The van der Waals surface area contributed by atoms with Crippen molar-refractivity contribution in [2.75, 3.05) is 20.1 Å². The van der Waals surface area contributed by atoms with Crippen molar-refractivity contribution in [1.82, 2.24) is 9.03 Å². The third kappa shape index (κ3) is 4.55. The Morgan fingerprint density at radius 1 is 1.31 bits per heavy atom. The molecule has 0 bridgehead atoms. The van der Waals surface area contributed by atoms with E-state index >= 15 is 0 Å². The molecule has 0 unspecified atom stereocenters. The molecule has 98 valence electrons. The summed E-state index contributed by atoms with van der Waals surface area (Å²) >= 11 is 0. The van der Waals surface area contributed by atoms with E-state index in [0.29, 0.717) is 13.1 Å². The van der Waals surface area contributed by atoms with Crippen molar-refractivity contribution in [3.8, 4) is 0 Å². The van der Waals surface area contributed by atoms with Crippen LogP contribution in [0.15, 0.2) is 0 Å². The Labute approximate surface area is 104 Å². The van der Waals surface area contributed by atoms with Gasteiger partial charge in [-0.05, 0) is 12.8 Å². The predicted octanol–water partition coefficient (Wildman–Crippen LogP) is 0.466. The maximum atomic E-state index is 11.7. The molecule has 0 radical (unpaired) electrons. The monoisotopic (exact) mass is 271 g/mol. The van der Waals surface area contributed by atoms with Crippen LogP contribution in [-0.2, 0) is 10.2 Å². The number of rotatable bonds is 5. The first kappa shape index (κ1) is 16.1. The van der Waals surface area contributed by atoms with Gasteiger partial charge in [0.2, 0.25) is 0 Å². The first-order chi connectivity index (χ1) is 7.08. The van der Waals surface area contributed by atoms with Crippen molar-refractivity contribution in [3.05, 3.63) is 0 Å². The summed E-state index contributed by atoms with van der Waals surface area (Å²) in [6.45, 7) is 0.636. The van der Waals surface area contributed by atoms with Crippen molar-refractivity contribution >= 4 is 22.6 Å². The summed E-state index contributed by atoms with van der Waals surface area (Å²) in [6.07, 6.45) is 5.42. The van der Waals surface area contributed by atoms with E-state index in [1.165, 1.54) is 10.7 Å². The molecule has 0 aromatic heterocycles. The van der Waals surface area contributed by atoms with E-state index in [2.05, 4.69) is 4.72 Å². The van der Waals surface area contributed by atoms with Crippen molar-refractivity contribution < 1.29 is 8.42 Å². The molecule has 0 heterocycles. The van der Waals surface area contributed by atoms with Crippen LogP contribution < -0.4 is 10.5 Å². The molecule has 1 aliphatic carbocycles. The largest absolute Gasteiger partial charge is 0.329 e. The normalized spacial score (nSPS) is 18.4. The van der Waals surface area contributed by atoms with Crippen molar-refractivity contribution in [2.45, 2.75) is 38.1 Å². The summed E-state index contributed by atoms with van der Waals surface area (Å²) in [5.41, 5.74) is 5.27. The van der Waals surface area contributed by atoms with Crippen LogP contribution in [0.4, 0.5) is 0 Å². The smallest absolute Gasteiger partial charge is 0.279 e. The molecule has 1 fully saturated rings. The SMILES string of the molecule is CN(C1CCCCC1)S(=O)(=O)NCCN.Cl. The van der Waals surface area contributed by atoms with Gasteiger partial charge in [-0.15, -0.1) is 12.4 Å². The Bertz CT molecular complexity index is 278. The van der Waals surface area contributed by atoms with Gasteiger partial charge in [0.05, 0.1) is 0 Å². The molecule has 0 aromatic carbocycles. The molecule has 1 rings (SSSR count). The minimum atomic E-state index is -3.32. The summed E-state index contributed by atoms with van der Waals surface area (Å²) in [5, 5.41) is 0. The van der Waals surface area contributed by atoms with Gasteiger partial charge in [-0.25, -0.2) is 4.72 Å². The molecule has 7 heteroatoms. The van der Waals surface area contributed by atoms with E-state index < -0.39 is 10.2 Å². The standard InChI is InChI=1S/C9H21N3O2S.ClH/c1-12(9-5-3-2-4-6-9)15(13,14)11-8-7-10;/h9,11H,2-8,10H2,1H3;1H. The first-order valence-electron chi connectivity index (χ1n) is 5.50. The van der Waals surface area contributed by atoms with Crippen LogP contribution in [0.5, 0.6) is 0 Å². The van der Waals surface area contributed by atoms with Gasteiger partial charge >= 0.3 is 0 Å². The molecule has 0 spiro atoms. The van der Waals surface area contributed by atoms with Gasteiger partial charge in [0, 0.05) is 26.2 Å². The number of nitrogens with one attached hydrogen (secondary N) is 1. The van der Waals surface area contributed by atoms with E-state index in [0.717, 1.165) is 25.7 Å². The Morgan fingerprint density at radius 3 is 2.38 bits per heavy atom. The van der Waals surface area contributed by atoms with Crippen LogP contribution in [0.1, 0.15) is 32.1 Å². The van der Waals surface area contributed by atoms with E-state index in [9.17, 15) is 8.42 Å². The lowest BCUT2D eigenvalue weighted by molar-refractivity contribution is 0.283. The Hall–Kier alpha value is 0.120. The van der Waals surface area contributed by atoms with Gasteiger partial charge in [0.25, 0.3) is 10.2 Å². The van der Waals surface area contributed by atoms with E-state index in [4.69, 9.17) is 5.73 Å². The Morgan fingerprint density at radius 2 is 1.88 bits per heavy atom. The molecule has 3 N–H and O–H groups in total. The second-order valence-corrected chi connectivity index (χ2v) is 5.81. The Kier molecular flexibility index (Phi) is 7.50. The number of hydrogen-bond donors (Lipinski definition) is 2. The highest BCUT2D eigenvalue weighted by Gasteiger charge is 2.26. The van der Waals surface area contributed by atoms with Gasteiger partial charge in [0.15, 0.2) is 0 Å². The van der Waals surface area contributed by atoms with Gasteiger partial charge in [-0.2, -0.15) is 12.7 Å². The van der Waals surface area contributed by atoms with Crippen LogP contribution in [0.25, 0.3) is 0 Å². The molecule has 1 saturated carbocycles. The molecule has 0 aliphatic heterocycles. The van der Waals surface area contributed by atoms with Gasteiger partial charge in [-0.3, -0.25) is 0 Å². The zero-order valence-corrected chi connectivity index (χ0v) is 11.3. The van der Waals surface area contributed by atoms with Gasteiger partial charge in [-0.1, -0.05) is 19.3 Å². The highest BCUT2D eigenvalue weighted by Crippen LogP contribution is 2.22. The quantitative estimate of drug-likeness (QED) is 0.763. The summed E-state index contributed by atoms with van der Waals surface area (Å²) in [6, 6.07) is 0.161. The lowest BCUT2D eigenvalue weighted by atomic mass is 9.96. The fourth-order valence-electron chi connectivity index (χ4n) is 1.93. The van der Waals surface area contributed by atoms with E-state index in [-0.39, 0.29) is 18.4 Å². The predicted molar refractivity (Wildman–Crippen MR) is 67.9 cm³/mol. The molecule has 0 amide bonds. The van der Waals surface area contributed by atoms with Crippen LogP contribution in [0.3, 0.4) is 0 Å². The zero-order chi connectivity index (χ0) is 11.3. The molecule has 16 heavy (non-hydrogen) atoms. The number of nitrogens with zero attached hydrogens (tertiary/aromatic N) is 1. The third-order valence-corrected chi connectivity index (χ3v) is 4.52. The molecule has 0 atom stereocenters. The highest BCUT2D eigenvalue weighted by atomic mass is 35.5. The fraction of sp³-hybridized carbons (Fsp3) is 1.00. The number of nitrogens with two attached hydrogens (primary N) is 1. The maximum Gasteiger partial charge on any atom is 0.279 e. The number of hydrogen-bond acceptors (Lipinski definition) is 3. The minimum Gasteiger partial charge on any atom is -0.329 e. The molecular weight excluding hydrogens is 250 g/mol. The molecular formula is C9H22ClN3O2S. The topological polar surface area (TPSA) is 75.4 Å². The second-order valence-electron chi connectivity index (χ2n) is 4.00. The fourth-order valence-corrected chi connectivity index (χ4v) is 3.11. The van der Waals surface area contributed by atoms with Crippen molar-refractivity contribution in [1.29, 1.82) is 0 Å². The zero-order valence-electron chi connectivity index (χ0n) is 9.68.